The second-order valence-corrected chi connectivity index (χ2v) is 7.73. The van der Waals surface area contributed by atoms with Crippen LogP contribution in [-0.4, -0.2) is 35.3 Å². The number of benzene rings is 1. The summed E-state index contributed by atoms with van der Waals surface area (Å²) in [5.74, 6) is 0.922. The van der Waals surface area contributed by atoms with Gasteiger partial charge in [0.15, 0.2) is 5.82 Å². The maximum absolute atomic E-state index is 8.39. The highest BCUT2D eigenvalue weighted by Crippen LogP contribution is 2.32. The summed E-state index contributed by atoms with van der Waals surface area (Å²) in [5, 5.41) is 9.08. The smallest absolute Gasteiger partial charge is 0.154 e. The zero-order chi connectivity index (χ0) is 18.9. The summed E-state index contributed by atoms with van der Waals surface area (Å²) in [6, 6.07) is 5.12. The molecule has 1 saturated heterocycles. The fourth-order valence-electron chi connectivity index (χ4n) is 3.04. The molecule has 1 fully saturated rings. The van der Waals surface area contributed by atoms with Crippen molar-refractivity contribution in [2.75, 3.05) is 30.3 Å². The lowest BCUT2D eigenvalue weighted by Crippen LogP contribution is -2.42. The maximum atomic E-state index is 8.39. The van der Waals surface area contributed by atoms with E-state index in [0.29, 0.717) is 27.8 Å². The molecule has 2 aromatic rings. The monoisotopic (exact) mass is 392 g/mol. The third-order valence-corrected chi connectivity index (χ3v) is 5.85. The summed E-state index contributed by atoms with van der Waals surface area (Å²) in [4.78, 5) is 11.0. The minimum atomic E-state index is 0.100. The first-order valence-corrected chi connectivity index (χ1v) is 9.21. The molecule has 3 rings (SSSR count). The average Bonchev–Trinajstić information content (AvgIpc) is 2.64. The van der Waals surface area contributed by atoms with E-state index in [4.69, 9.17) is 40.1 Å². The number of piperidine rings is 1. The number of nitrogen functional groups attached to an aromatic ring is 1. The maximum Gasteiger partial charge on any atom is 0.154 e. The van der Waals surface area contributed by atoms with Crippen molar-refractivity contribution in [1.29, 1.82) is 5.41 Å². The minimum absolute atomic E-state index is 0.100. The number of rotatable bonds is 4. The van der Waals surface area contributed by atoms with Gasteiger partial charge in [0, 0.05) is 18.7 Å². The number of anilines is 2. The molecule has 0 bridgehead atoms. The van der Waals surface area contributed by atoms with Gasteiger partial charge in [0.1, 0.15) is 11.5 Å². The predicted molar refractivity (Wildman–Crippen MR) is 107 cm³/mol. The van der Waals surface area contributed by atoms with Gasteiger partial charge in [0.05, 0.1) is 22.0 Å². The van der Waals surface area contributed by atoms with Crippen molar-refractivity contribution in [3.63, 3.8) is 0 Å². The fourth-order valence-corrected chi connectivity index (χ4v) is 3.44. The topological polar surface area (TPSA) is 105 Å². The molecule has 1 aliphatic rings. The third kappa shape index (κ3) is 3.63. The minimum Gasteiger partial charge on any atom is -0.382 e. The van der Waals surface area contributed by atoms with Gasteiger partial charge in [-0.2, -0.15) is 0 Å². The molecule has 8 heteroatoms. The Labute approximate surface area is 163 Å². The van der Waals surface area contributed by atoms with Crippen molar-refractivity contribution in [2.24, 2.45) is 11.1 Å². The summed E-state index contributed by atoms with van der Waals surface area (Å²) in [5.41, 5.74) is 13.0. The predicted octanol–water partition coefficient (Wildman–Crippen LogP) is 3.35. The second kappa shape index (κ2) is 7.39. The molecule has 6 nitrogen and oxygen atoms in total. The molecule has 0 aliphatic carbocycles. The Kier molecular flexibility index (Phi) is 5.37. The number of hydrogen-bond acceptors (Lipinski definition) is 6. The number of hydrogen-bond donors (Lipinski definition) is 3. The number of aromatic nitrogens is 2. The molecule has 1 aromatic carbocycles. The van der Waals surface area contributed by atoms with Crippen LogP contribution in [0.2, 0.25) is 10.0 Å². The standard InChI is InChI=1S/C18H22Cl2N6/c1-18(10-21)5-7-26(8-6-18)13-9-24-16(17(23)25-13)15(22)11-3-2-4-12(19)14(11)20/h2-4,9,22H,5-8,10,21H2,1H3,(H2,23,25). The summed E-state index contributed by atoms with van der Waals surface area (Å²) in [6.07, 6.45) is 3.66. The van der Waals surface area contributed by atoms with Gasteiger partial charge >= 0.3 is 0 Å². The number of halogens is 2. The molecule has 138 valence electrons. The van der Waals surface area contributed by atoms with Crippen LogP contribution in [0.15, 0.2) is 24.4 Å². The van der Waals surface area contributed by atoms with E-state index in [1.165, 1.54) is 0 Å². The van der Waals surface area contributed by atoms with E-state index in [9.17, 15) is 0 Å². The van der Waals surface area contributed by atoms with Crippen LogP contribution in [-0.2, 0) is 0 Å². The molecule has 0 unspecified atom stereocenters. The summed E-state index contributed by atoms with van der Waals surface area (Å²) < 4.78 is 0. The molecular weight excluding hydrogens is 371 g/mol. The van der Waals surface area contributed by atoms with Crippen LogP contribution in [0.3, 0.4) is 0 Å². The van der Waals surface area contributed by atoms with Gasteiger partial charge in [-0.1, -0.05) is 42.3 Å². The van der Waals surface area contributed by atoms with E-state index in [2.05, 4.69) is 21.8 Å². The van der Waals surface area contributed by atoms with Gasteiger partial charge in [-0.15, -0.1) is 0 Å². The van der Waals surface area contributed by atoms with Crippen molar-refractivity contribution in [1.82, 2.24) is 9.97 Å². The van der Waals surface area contributed by atoms with Gasteiger partial charge in [0.25, 0.3) is 0 Å². The molecule has 1 aliphatic heterocycles. The molecule has 0 radical (unpaired) electrons. The van der Waals surface area contributed by atoms with Crippen LogP contribution in [0.1, 0.15) is 31.0 Å². The van der Waals surface area contributed by atoms with Crippen molar-refractivity contribution in [3.05, 3.63) is 45.7 Å². The van der Waals surface area contributed by atoms with E-state index in [1.54, 1.807) is 24.4 Å². The van der Waals surface area contributed by atoms with Gasteiger partial charge in [-0.3, -0.25) is 5.41 Å². The van der Waals surface area contributed by atoms with Crippen LogP contribution >= 0.6 is 23.2 Å². The highest BCUT2D eigenvalue weighted by molar-refractivity contribution is 6.44. The first-order chi connectivity index (χ1) is 12.3. The molecular formula is C18H22Cl2N6. The molecule has 5 N–H and O–H groups in total. The van der Waals surface area contributed by atoms with Crippen molar-refractivity contribution in [2.45, 2.75) is 19.8 Å². The van der Waals surface area contributed by atoms with E-state index >= 15 is 0 Å². The summed E-state index contributed by atoms with van der Waals surface area (Å²) in [6.45, 7) is 4.62. The lowest BCUT2D eigenvalue weighted by molar-refractivity contribution is 0.258. The molecule has 2 heterocycles. The molecule has 1 aromatic heterocycles. The molecule has 0 saturated carbocycles. The molecule has 0 spiro atoms. The van der Waals surface area contributed by atoms with Gasteiger partial charge in [-0.25, -0.2) is 9.97 Å². The lowest BCUT2D eigenvalue weighted by Gasteiger charge is -2.39. The van der Waals surface area contributed by atoms with Gasteiger partial charge in [0.2, 0.25) is 0 Å². The van der Waals surface area contributed by atoms with Crippen molar-refractivity contribution >= 4 is 40.5 Å². The Balaban J connectivity index is 1.82. The number of nitrogens with one attached hydrogen (secondary N) is 1. The normalized spacial score (nSPS) is 16.5. The van der Waals surface area contributed by atoms with E-state index in [0.717, 1.165) is 31.7 Å². The van der Waals surface area contributed by atoms with Gasteiger partial charge < -0.3 is 16.4 Å². The van der Waals surface area contributed by atoms with Crippen LogP contribution < -0.4 is 16.4 Å². The molecule has 0 amide bonds. The van der Waals surface area contributed by atoms with Crippen LogP contribution in [0, 0.1) is 10.8 Å². The Morgan fingerprint density at radius 3 is 2.62 bits per heavy atom. The highest BCUT2D eigenvalue weighted by atomic mass is 35.5. The quantitative estimate of drug-likeness (QED) is 0.691. The van der Waals surface area contributed by atoms with Crippen LogP contribution in [0.4, 0.5) is 11.6 Å². The first-order valence-electron chi connectivity index (χ1n) is 8.45. The Morgan fingerprint density at radius 1 is 1.31 bits per heavy atom. The SMILES string of the molecule is CC1(CN)CCN(c2cnc(C(=N)c3cccc(Cl)c3Cl)c(N)n2)CC1. The highest BCUT2D eigenvalue weighted by Gasteiger charge is 2.29. The van der Waals surface area contributed by atoms with E-state index < -0.39 is 0 Å². The Bertz CT molecular complexity index is 830. The zero-order valence-electron chi connectivity index (χ0n) is 14.6. The number of nitrogens with two attached hydrogens (primary N) is 2. The summed E-state index contributed by atoms with van der Waals surface area (Å²) >= 11 is 12.2. The molecule has 0 atom stereocenters. The van der Waals surface area contributed by atoms with E-state index in [-0.39, 0.29) is 16.9 Å². The average molecular weight is 393 g/mol. The third-order valence-electron chi connectivity index (χ3n) is 5.03. The van der Waals surface area contributed by atoms with E-state index in [1.807, 2.05) is 0 Å². The molecule has 26 heavy (non-hydrogen) atoms. The number of nitrogens with zero attached hydrogens (tertiary/aromatic N) is 3. The summed E-state index contributed by atoms with van der Waals surface area (Å²) in [7, 11) is 0. The largest absolute Gasteiger partial charge is 0.382 e. The first kappa shape index (κ1) is 18.9. The van der Waals surface area contributed by atoms with Crippen molar-refractivity contribution < 1.29 is 0 Å². The van der Waals surface area contributed by atoms with Crippen LogP contribution in [0.5, 0.6) is 0 Å². The van der Waals surface area contributed by atoms with Gasteiger partial charge in [-0.05, 0) is 30.9 Å². The second-order valence-electron chi connectivity index (χ2n) is 6.94. The van der Waals surface area contributed by atoms with Crippen molar-refractivity contribution in [3.8, 4) is 0 Å². The Hall–Kier alpha value is -1.89. The van der Waals surface area contributed by atoms with Crippen LogP contribution in [0.25, 0.3) is 0 Å². The lowest BCUT2D eigenvalue weighted by atomic mass is 9.80. The zero-order valence-corrected chi connectivity index (χ0v) is 16.1. The Morgan fingerprint density at radius 2 is 2.00 bits per heavy atom. The fraction of sp³-hybridized carbons (Fsp3) is 0.389.